The lowest BCUT2D eigenvalue weighted by Crippen LogP contribution is -3.00. The van der Waals surface area contributed by atoms with Crippen molar-refractivity contribution in [2.75, 3.05) is 54.4 Å². The second-order valence-corrected chi connectivity index (χ2v) is 19.5. The maximum Gasteiger partial charge on any atom is 0.0782 e. The van der Waals surface area contributed by atoms with Gasteiger partial charge in [-0.1, -0.05) is 233 Å². The van der Waals surface area contributed by atoms with E-state index in [0.717, 1.165) is 0 Å². The predicted octanol–water partition coefficient (Wildman–Crippen LogP) is 11.8. The van der Waals surface area contributed by atoms with Gasteiger partial charge in [0, 0.05) is 0 Å². The van der Waals surface area contributed by atoms with Gasteiger partial charge in [-0.05, 0) is 51.4 Å². The van der Waals surface area contributed by atoms with Gasteiger partial charge in [0.2, 0.25) is 0 Å². The highest BCUT2D eigenvalue weighted by Crippen LogP contribution is 2.16. The van der Waals surface area contributed by atoms with Gasteiger partial charge < -0.3 is 33.8 Å². The van der Waals surface area contributed by atoms with Crippen LogP contribution in [-0.4, -0.2) is 63.3 Å². The zero-order chi connectivity index (χ0) is 40.1. The molecule has 0 aliphatic rings. The number of hydrogen-bond donors (Lipinski definition) is 0. The summed E-state index contributed by atoms with van der Waals surface area (Å²) in [5, 5.41) is 0. The van der Waals surface area contributed by atoms with Crippen LogP contribution >= 0.6 is 0 Å². The molecule has 0 aromatic rings. The van der Waals surface area contributed by atoms with Crippen LogP contribution in [0.25, 0.3) is 0 Å². The second kappa shape index (κ2) is 51.6. The SMILES string of the molecule is CCCCCCCCCCCC[N+](C)(C)CCCCCCCCCCCC.CCCCCCCCCCCC[N+](C)(C)CCCCCCCCCCCC.[Cl-].[Cl-]. The molecule has 0 unspecified atom stereocenters. The molecule has 0 fully saturated rings. The molecular formula is C52H112Cl2N2. The zero-order valence-electron chi connectivity index (χ0n) is 40.8. The third-order valence-corrected chi connectivity index (χ3v) is 12.5. The van der Waals surface area contributed by atoms with E-state index < -0.39 is 0 Å². The van der Waals surface area contributed by atoms with E-state index in [0.29, 0.717) is 0 Å². The molecule has 0 spiro atoms. The molecular weight excluding hydrogens is 723 g/mol. The molecule has 0 aromatic carbocycles. The first-order valence-corrected chi connectivity index (χ1v) is 25.9. The van der Waals surface area contributed by atoms with E-state index in [1.807, 2.05) is 0 Å². The molecule has 0 rings (SSSR count). The van der Waals surface area contributed by atoms with E-state index in [-0.39, 0.29) is 24.8 Å². The van der Waals surface area contributed by atoms with Crippen molar-refractivity contribution in [2.45, 2.75) is 285 Å². The topological polar surface area (TPSA) is 0 Å². The van der Waals surface area contributed by atoms with Gasteiger partial charge >= 0.3 is 0 Å². The van der Waals surface area contributed by atoms with E-state index >= 15 is 0 Å². The first kappa shape index (κ1) is 63.1. The van der Waals surface area contributed by atoms with Gasteiger partial charge in [0.15, 0.2) is 0 Å². The normalized spacial score (nSPS) is 11.6. The van der Waals surface area contributed by atoms with Crippen molar-refractivity contribution < 1.29 is 33.8 Å². The van der Waals surface area contributed by atoms with Gasteiger partial charge in [-0.2, -0.15) is 0 Å². The monoisotopic (exact) mass is 835 g/mol. The smallest absolute Gasteiger partial charge is 0.0782 e. The van der Waals surface area contributed by atoms with Crippen LogP contribution in [0.5, 0.6) is 0 Å². The van der Waals surface area contributed by atoms with Crippen LogP contribution < -0.4 is 24.8 Å². The highest BCUT2D eigenvalue weighted by Gasteiger charge is 2.14. The average molecular weight is 836 g/mol. The first-order valence-electron chi connectivity index (χ1n) is 25.9. The van der Waals surface area contributed by atoms with Crippen LogP contribution in [0.15, 0.2) is 0 Å². The highest BCUT2D eigenvalue weighted by molar-refractivity contribution is 4.52. The Labute approximate surface area is 371 Å². The van der Waals surface area contributed by atoms with Gasteiger partial charge in [-0.25, -0.2) is 0 Å². The molecule has 0 radical (unpaired) electrons. The number of quaternary nitrogens is 2. The van der Waals surface area contributed by atoms with Gasteiger partial charge in [-0.15, -0.1) is 0 Å². The van der Waals surface area contributed by atoms with Gasteiger partial charge in [0.1, 0.15) is 0 Å². The van der Waals surface area contributed by atoms with E-state index in [1.54, 1.807) is 0 Å². The molecule has 0 amide bonds. The third kappa shape index (κ3) is 56.6. The molecule has 0 aliphatic heterocycles. The fourth-order valence-electron chi connectivity index (χ4n) is 8.33. The summed E-state index contributed by atoms with van der Waals surface area (Å²) in [6.07, 6.45) is 58.0. The summed E-state index contributed by atoms with van der Waals surface area (Å²) in [4.78, 5) is 0. The Bertz CT molecular complexity index is 559. The predicted molar refractivity (Wildman–Crippen MR) is 251 cm³/mol. The molecule has 0 aromatic heterocycles. The lowest BCUT2D eigenvalue weighted by molar-refractivity contribution is -0.890. The fraction of sp³-hybridized carbons (Fsp3) is 1.00. The van der Waals surface area contributed by atoms with Gasteiger partial charge in [0.05, 0.1) is 54.4 Å². The van der Waals surface area contributed by atoms with E-state index in [9.17, 15) is 0 Å². The molecule has 0 N–H and O–H groups in total. The molecule has 0 heterocycles. The lowest BCUT2D eigenvalue weighted by Gasteiger charge is -2.30. The van der Waals surface area contributed by atoms with Crippen molar-refractivity contribution in [3.05, 3.63) is 0 Å². The standard InChI is InChI=1S/2C26H56N.2ClH/c2*1-5-7-9-11-13-15-17-19-21-23-25-27(3,4)26-24-22-20-18-16-14-12-10-8-6-2;;/h2*5-26H2,1-4H3;2*1H/q2*+1;;/p-2. The number of nitrogens with zero attached hydrogens (tertiary/aromatic N) is 2. The Balaban J connectivity index is -0.000000466. The molecule has 2 nitrogen and oxygen atoms in total. The van der Waals surface area contributed by atoms with Crippen molar-refractivity contribution in [1.29, 1.82) is 0 Å². The van der Waals surface area contributed by atoms with Gasteiger partial charge in [0.25, 0.3) is 0 Å². The van der Waals surface area contributed by atoms with Crippen LogP contribution in [0.4, 0.5) is 0 Å². The molecule has 0 saturated heterocycles. The first-order chi connectivity index (χ1) is 26.2. The largest absolute Gasteiger partial charge is 1.00 e. The van der Waals surface area contributed by atoms with E-state index in [4.69, 9.17) is 0 Å². The van der Waals surface area contributed by atoms with Crippen molar-refractivity contribution in [2.24, 2.45) is 0 Å². The fourth-order valence-corrected chi connectivity index (χ4v) is 8.33. The Hall–Kier alpha value is 0.500. The maximum absolute atomic E-state index is 2.45. The minimum Gasteiger partial charge on any atom is -1.00 e. The Kier molecular flexibility index (Phi) is 58.2. The van der Waals surface area contributed by atoms with Crippen LogP contribution in [-0.2, 0) is 0 Å². The summed E-state index contributed by atoms with van der Waals surface area (Å²) in [6.45, 7) is 14.7. The highest BCUT2D eigenvalue weighted by atomic mass is 35.5. The summed E-state index contributed by atoms with van der Waals surface area (Å²) in [6, 6.07) is 0. The minimum absolute atomic E-state index is 0. The number of hydrogen-bond acceptors (Lipinski definition) is 0. The Morgan fingerprint density at radius 1 is 0.179 bits per heavy atom. The molecule has 0 bridgehead atoms. The summed E-state index contributed by atoms with van der Waals surface area (Å²) >= 11 is 0. The number of rotatable bonds is 44. The van der Waals surface area contributed by atoms with Crippen molar-refractivity contribution in [3.63, 3.8) is 0 Å². The van der Waals surface area contributed by atoms with Crippen LogP contribution in [0.1, 0.15) is 285 Å². The van der Waals surface area contributed by atoms with E-state index in [2.05, 4.69) is 55.9 Å². The zero-order valence-corrected chi connectivity index (χ0v) is 42.3. The Morgan fingerprint density at radius 3 is 0.411 bits per heavy atom. The Morgan fingerprint density at radius 2 is 0.286 bits per heavy atom. The van der Waals surface area contributed by atoms with Crippen LogP contribution in [0.2, 0.25) is 0 Å². The third-order valence-electron chi connectivity index (χ3n) is 12.5. The average Bonchev–Trinajstić information content (AvgIpc) is 3.15. The minimum atomic E-state index is 0. The molecule has 344 valence electrons. The van der Waals surface area contributed by atoms with Crippen molar-refractivity contribution in [3.8, 4) is 0 Å². The van der Waals surface area contributed by atoms with Crippen LogP contribution in [0, 0.1) is 0 Å². The summed E-state index contributed by atoms with van der Waals surface area (Å²) in [5.74, 6) is 0. The molecule has 4 heteroatoms. The molecule has 0 aliphatic carbocycles. The summed E-state index contributed by atoms with van der Waals surface area (Å²) in [5.41, 5.74) is 0. The summed E-state index contributed by atoms with van der Waals surface area (Å²) < 4.78 is 2.49. The van der Waals surface area contributed by atoms with E-state index in [1.165, 1.54) is 292 Å². The molecule has 56 heavy (non-hydrogen) atoms. The van der Waals surface area contributed by atoms with Crippen LogP contribution in [0.3, 0.4) is 0 Å². The number of unbranched alkanes of at least 4 members (excludes halogenated alkanes) is 36. The maximum atomic E-state index is 2.45. The second-order valence-electron chi connectivity index (χ2n) is 19.5. The summed E-state index contributed by atoms with van der Waals surface area (Å²) in [7, 11) is 9.78. The lowest BCUT2D eigenvalue weighted by atomic mass is 10.1. The van der Waals surface area contributed by atoms with Crippen molar-refractivity contribution in [1.82, 2.24) is 0 Å². The molecule has 0 atom stereocenters. The van der Waals surface area contributed by atoms with Crippen molar-refractivity contribution >= 4 is 0 Å². The quantitative estimate of drug-likeness (QED) is 0.0424. The number of halogens is 2. The molecule has 0 saturated carbocycles. The van der Waals surface area contributed by atoms with Gasteiger partial charge in [-0.3, -0.25) is 0 Å².